The number of aliphatic hydroxyl groups is 1. The molecule has 2 aromatic rings. The lowest BCUT2D eigenvalue weighted by Crippen LogP contribution is -2.49. The van der Waals surface area contributed by atoms with Gasteiger partial charge in [-0.2, -0.15) is 4.31 Å². The molecule has 2 aromatic carbocycles. The summed E-state index contributed by atoms with van der Waals surface area (Å²) in [4.78, 5) is 0.0390. The summed E-state index contributed by atoms with van der Waals surface area (Å²) in [7, 11) is -2.08. The van der Waals surface area contributed by atoms with Gasteiger partial charge in [-0.3, -0.25) is 0 Å². The van der Waals surface area contributed by atoms with E-state index >= 15 is 0 Å². The summed E-state index contributed by atoms with van der Waals surface area (Å²) in [6, 6.07) is 10.1. The normalized spacial score (nSPS) is 21.6. The first kappa shape index (κ1) is 23.2. The van der Waals surface area contributed by atoms with Crippen LogP contribution in [0.15, 0.2) is 47.4 Å². The fraction of sp³-hybridized carbons (Fsp3) is 0.391. The van der Waals surface area contributed by atoms with Crippen molar-refractivity contribution in [3.63, 3.8) is 0 Å². The highest BCUT2D eigenvalue weighted by atomic mass is 32.2. The molecule has 6 nitrogen and oxygen atoms in total. The van der Waals surface area contributed by atoms with Crippen molar-refractivity contribution in [2.45, 2.75) is 30.9 Å². The third kappa shape index (κ3) is 5.25. The van der Waals surface area contributed by atoms with Gasteiger partial charge in [0.25, 0.3) is 0 Å². The van der Waals surface area contributed by atoms with Gasteiger partial charge in [-0.1, -0.05) is 24.8 Å². The third-order valence-electron chi connectivity index (χ3n) is 5.25. The quantitative estimate of drug-likeness (QED) is 0.704. The average Bonchev–Trinajstić information content (AvgIpc) is 2.74. The Hall–Kier alpha value is -2.44. The second-order valence-electron chi connectivity index (χ2n) is 7.72. The minimum atomic E-state index is -3.88. The summed E-state index contributed by atoms with van der Waals surface area (Å²) in [6.45, 7) is 4.08. The van der Waals surface area contributed by atoms with Gasteiger partial charge in [0.05, 0.1) is 6.61 Å². The number of likely N-dealkylation sites (N-methyl/N-ethyl adjacent to an activating group) is 1. The lowest BCUT2D eigenvalue weighted by molar-refractivity contribution is 0.103. The van der Waals surface area contributed by atoms with Gasteiger partial charge >= 0.3 is 0 Å². The van der Waals surface area contributed by atoms with E-state index in [-0.39, 0.29) is 41.6 Å². The molecule has 0 spiro atoms. The van der Waals surface area contributed by atoms with E-state index in [0.29, 0.717) is 17.7 Å². The Morgan fingerprint density at radius 1 is 1.26 bits per heavy atom. The highest BCUT2D eigenvalue weighted by molar-refractivity contribution is 7.89. The number of aliphatic hydroxyl groups excluding tert-OH is 1. The van der Waals surface area contributed by atoms with Gasteiger partial charge in [-0.05, 0) is 50.4 Å². The molecule has 166 valence electrons. The Kier molecular flexibility index (Phi) is 7.34. The first-order chi connectivity index (χ1) is 14.8. The summed E-state index contributed by atoms with van der Waals surface area (Å²) in [5.41, 5.74) is 1.07. The molecule has 1 aliphatic heterocycles. The minimum absolute atomic E-state index is 0.0390. The molecule has 0 fully saturated rings. The van der Waals surface area contributed by atoms with Gasteiger partial charge in [0.1, 0.15) is 22.6 Å². The van der Waals surface area contributed by atoms with Crippen LogP contribution in [0.2, 0.25) is 0 Å². The summed E-state index contributed by atoms with van der Waals surface area (Å²) < 4.78 is 47.6. The topological polar surface area (TPSA) is 78.9 Å². The number of sulfonamides is 1. The van der Waals surface area contributed by atoms with E-state index in [4.69, 9.17) is 4.74 Å². The summed E-state index contributed by atoms with van der Waals surface area (Å²) in [6.07, 6.45) is -0.279. The van der Waals surface area contributed by atoms with Crippen molar-refractivity contribution in [1.82, 2.24) is 9.62 Å². The number of fused-ring (bicyclic) bond motifs is 1. The monoisotopic (exact) mass is 446 g/mol. The van der Waals surface area contributed by atoms with E-state index in [9.17, 15) is 17.9 Å². The molecular formula is C23H27FN2O4S. The number of hydrogen-bond acceptors (Lipinski definition) is 5. The molecule has 0 radical (unpaired) electrons. The van der Waals surface area contributed by atoms with Crippen LogP contribution in [0, 0.1) is 23.6 Å². The Bertz CT molecular complexity index is 1090. The van der Waals surface area contributed by atoms with Gasteiger partial charge in [-0.25, -0.2) is 12.8 Å². The first-order valence-electron chi connectivity index (χ1n) is 10.1. The molecule has 8 heteroatoms. The summed E-state index contributed by atoms with van der Waals surface area (Å²) in [5, 5.41) is 12.7. The second kappa shape index (κ2) is 9.79. The van der Waals surface area contributed by atoms with Gasteiger partial charge < -0.3 is 15.2 Å². The Labute approximate surface area is 183 Å². The number of halogens is 1. The van der Waals surface area contributed by atoms with Crippen LogP contribution in [0.1, 0.15) is 25.0 Å². The molecule has 3 rings (SSSR count). The number of rotatable bonds is 4. The van der Waals surface area contributed by atoms with E-state index < -0.39 is 16.1 Å². The maximum absolute atomic E-state index is 13.4. The fourth-order valence-corrected chi connectivity index (χ4v) is 5.28. The third-order valence-corrected chi connectivity index (χ3v) is 7.27. The van der Waals surface area contributed by atoms with E-state index in [2.05, 4.69) is 17.2 Å². The number of benzene rings is 2. The molecule has 0 saturated heterocycles. The van der Waals surface area contributed by atoms with Crippen molar-refractivity contribution in [3.8, 4) is 17.6 Å². The smallest absolute Gasteiger partial charge is 0.247 e. The minimum Gasteiger partial charge on any atom is -0.487 e. The second-order valence-corrected chi connectivity index (χ2v) is 9.58. The zero-order valence-corrected chi connectivity index (χ0v) is 18.6. The zero-order valence-electron chi connectivity index (χ0n) is 17.8. The molecule has 1 heterocycles. The van der Waals surface area contributed by atoms with Crippen LogP contribution in [0.4, 0.5) is 4.39 Å². The van der Waals surface area contributed by atoms with Crippen LogP contribution in [-0.4, -0.2) is 56.7 Å². The Morgan fingerprint density at radius 3 is 2.61 bits per heavy atom. The molecule has 1 aliphatic rings. The molecule has 0 aliphatic carbocycles. The summed E-state index contributed by atoms with van der Waals surface area (Å²) in [5.74, 6) is 5.55. The molecular weight excluding hydrogens is 419 g/mol. The first-order valence-corrected chi connectivity index (χ1v) is 11.6. The van der Waals surface area contributed by atoms with Crippen LogP contribution in [0.5, 0.6) is 5.75 Å². The number of hydrogen-bond donors (Lipinski definition) is 2. The number of nitrogens with zero attached hydrogens (tertiary/aromatic N) is 1. The van der Waals surface area contributed by atoms with Crippen molar-refractivity contribution >= 4 is 10.0 Å². The van der Waals surface area contributed by atoms with Gasteiger partial charge in [-0.15, -0.1) is 0 Å². The van der Waals surface area contributed by atoms with Crippen molar-refractivity contribution in [1.29, 1.82) is 0 Å². The van der Waals surface area contributed by atoms with Crippen LogP contribution in [0.3, 0.4) is 0 Å². The Balaban J connectivity index is 2.07. The Morgan fingerprint density at radius 2 is 1.97 bits per heavy atom. The van der Waals surface area contributed by atoms with Gasteiger partial charge in [0.2, 0.25) is 10.0 Å². The maximum Gasteiger partial charge on any atom is 0.247 e. The summed E-state index contributed by atoms with van der Waals surface area (Å²) >= 11 is 0. The van der Waals surface area contributed by atoms with Crippen LogP contribution in [0.25, 0.3) is 0 Å². The number of ether oxygens (including phenoxy) is 1. The van der Waals surface area contributed by atoms with Crippen molar-refractivity contribution < 1.29 is 22.7 Å². The van der Waals surface area contributed by atoms with Crippen molar-refractivity contribution in [2.75, 3.05) is 26.7 Å². The van der Waals surface area contributed by atoms with Crippen LogP contribution >= 0.6 is 0 Å². The van der Waals surface area contributed by atoms with Crippen molar-refractivity contribution in [2.24, 2.45) is 5.92 Å². The standard InChI is InChI=1S/C23H27FN2O4S/c1-16-14-26(17(2)15-27)31(28,29)23-10-9-19(12-21(23)30-22(16)13-25-3)8-7-18-5-4-6-20(24)11-18/h4-6,9-12,16-17,22,25,27H,13-15H2,1-3H3/t16-,17+,22-/m0/s1. The SMILES string of the molecule is CNC[C@@H]1Oc2cc(C#Cc3cccc(F)c3)ccc2S(=O)(=O)N([C@H](C)CO)C[C@@H]1C. The van der Waals surface area contributed by atoms with Gasteiger partial charge in [0, 0.05) is 36.2 Å². The maximum atomic E-state index is 13.4. The predicted molar refractivity (Wildman–Crippen MR) is 117 cm³/mol. The highest BCUT2D eigenvalue weighted by Crippen LogP contribution is 2.33. The van der Waals surface area contributed by atoms with Crippen LogP contribution < -0.4 is 10.1 Å². The fourth-order valence-electron chi connectivity index (χ4n) is 3.46. The number of nitrogens with one attached hydrogen (secondary N) is 1. The van der Waals surface area contributed by atoms with E-state index in [1.165, 1.54) is 22.5 Å². The van der Waals surface area contributed by atoms with Crippen LogP contribution in [-0.2, 0) is 10.0 Å². The van der Waals surface area contributed by atoms with Crippen molar-refractivity contribution in [3.05, 3.63) is 59.4 Å². The van der Waals surface area contributed by atoms with E-state index in [1.807, 2.05) is 14.0 Å². The largest absolute Gasteiger partial charge is 0.487 e. The molecule has 2 N–H and O–H groups in total. The molecule has 0 aromatic heterocycles. The van der Waals surface area contributed by atoms with E-state index in [1.54, 1.807) is 31.2 Å². The predicted octanol–water partition coefficient (Wildman–Crippen LogP) is 2.21. The molecule has 3 atom stereocenters. The van der Waals surface area contributed by atoms with Gasteiger partial charge in [0.15, 0.2) is 0 Å². The van der Waals surface area contributed by atoms with E-state index in [0.717, 1.165) is 0 Å². The highest BCUT2D eigenvalue weighted by Gasteiger charge is 2.37. The molecule has 0 saturated carbocycles. The molecule has 0 bridgehead atoms. The lowest BCUT2D eigenvalue weighted by Gasteiger charge is -2.36. The molecule has 0 unspecified atom stereocenters. The zero-order chi connectivity index (χ0) is 22.6. The lowest BCUT2D eigenvalue weighted by atomic mass is 10.0. The molecule has 0 amide bonds. The average molecular weight is 447 g/mol. The molecule has 31 heavy (non-hydrogen) atoms.